The fourth-order valence-corrected chi connectivity index (χ4v) is 6.45. The van der Waals surface area contributed by atoms with Crippen LogP contribution in [0.25, 0.3) is 41.7 Å². The molecular formula is C32H24O2S2. The summed E-state index contributed by atoms with van der Waals surface area (Å²) >= 11 is 3.18. The number of ether oxygens (including phenoxy) is 1. The van der Waals surface area contributed by atoms with E-state index in [4.69, 9.17) is 4.74 Å². The second-order valence-electron chi connectivity index (χ2n) is 8.85. The normalized spacial score (nSPS) is 11.5. The van der Waals surface area contributed by atoms with Gasteiger partial charge in [-0.3, -0.25) is 0 Å². The molecule has 4 heteroatoms. The van der Waals surface area contributed by atoms with E-state index >= 15 is 0 Å². The SMILES string of the molecule is C=C(SC)C(=O)Oc1ccccc1CCc1cc2ccccc2c2c1sc1ccc3ccccc3c12. The van der Waals surface area contributed by atoms with Crippen molar-refractivity contribution in [3.63, 3.8) is 0 Å². The Kier molecular flexibility index (Phi) is 6.00. The zero-order valence-electron chi connectivity index (χ0n) is 19.9. The summed E-state index contributed by atoms with van der Waals surface area (Å²) in [6.07, 6.45) is 3.45. The van der Waals surface area contributed by atoms with E-state index in [9.17, 15) is 4.79 Å². The van der Waals surface area contributed by atoms with Gasteiger partial charge in [-0.2, -0.15) is 0 Å². The van der Waals surface area contributed by atoms with Crippen LogP contribution in [0.15, 0.2) is 102 Å². The topological polar surface area (TPSA) is 26.3 Å². The van der Waals surface area contributed by atoms with Crippen molar-refractivity contribution in [2.24, 2.45) is 0 Å². The molecule has 2 nitrogen and oxygen atoms in total. The number of para-hydroxylation sites is 1. The molecule has 1 heterocycles. The Morgan fingerprint density at radius 2 is 1.47 bits per heavy atom. The van der Waals surface area contributed by atoms with Crippen molar-refractivity contribution in [3.8, 4) is 5.75 Å². The maximum Gasteiger partial charge on any atom is 0.349 e. The number of aryl methyl sites for hydroxylation is 2. The van der Waals surface area contributed by atoms with E-state index in [0.29, 0.717) is 10.7 Å². The highest BCUT2D eigenvalue weighted by atomic mass is 32.2. The van der Waals surface area contributed by atoms with Crippen molar-refractivity contribution in [2.75, 3.05) is 6.26 Å². The maximum atomic E-state index is 12.4. The van der Waals surface area contributed by atoms with Crippen LogP contribution in [-0.4, -0.2) is 12.2 Å². The molecule has 176 valence electrons. The molecule has 1 aromatic heterocycles. The standard InChI is InChI=1S/C32H24O2S2/c1-20(35-2)32(33)34-27-14-8-5-10-22(27)15-16-24-19-23-11-4-7-13-26(23)30-29-25-12-6-3-9-21(25)17-18-28(29)36-31(24)30/h3-14,17-19H,1,15-16H2,2H3. The Labute approximate surface area is 218 Å². The molecule has 0 unspecified atom stereocenters. The molecule has 0 N–H and O–H groups in total. The average molecular weight is 505 g/mol. The van der Waals surface area contributed by atoms with E-state index in [1.807, 2.05) is 41.9 Å². The van der Waals surface area contributed by atoms with Crippen molar-refractivity contribution >= 4 is 70.8 Å². The zero-order valence-corrected chi connectivity index (χ0v) is 21.5. The van der Waals surface area contributed by atoms with Crippen LogP contribution in [0.5, 0.6) is 5.75 Å². The van der Waals surface area contributed by atoms with Gasteiger partial charge in [-0.25, -0.2) is 4.79 Å². The van der Waals surface area contributed by atoms with Gasteiger partial charge in [0.2, 0.25) is 0 Å². The number of hydrogen-bond donors (Lipinski definition) is 0. The molecule has 0 amide bonds. The second kappa shape index (κ2) is 9.45. The summed E-state index contributed by atoms with van der Waals surface area (Å²) < 4.78 is 8.33. The first kappa shape index (κ1) is 22.8. The Balaban J connectivity index is 1.47. The van der Waals surface area contributed by atoms with Crippen LogP contribution >= 0.6 is 23.1 Å². The van der Waals surface area contributed by atoms with Crippen LogP contribution in [0.2, 0.25) is 0 Å². The Bertz CT molecular complexity index is 1800. The highest BCUT2D eigenvalue weighted by Crippen LogP contribution is 2.44. The third-order valence-corrected chi connectivity index (χ3v) is 8.63. The molecule has 0 bridgehead atoms. The molecule has 6 rings (SSSR count). The summed E-state index contributed by atoms with van der Waals surface area (Å²) in [5.41, 5.74) is 2.34. The molecular weight excluding hydrogens is 480 g/mol. The molecule has 0 saturated carbocycles. The van der Waals surface area contributed by atoms with Crippen LogP contribution in [0.4, 0.5) is 0 Å². The Hall–Kier alpha value is -3.60. The monoisotopic (exact) mass is 504 g/mol. The van der Waals surface area contributed by atoms with Gasteiger partial charge in [-0.05, 0) is 70.0 Å². The molecule has 6 aromatic rings. The quantitative estimate of drug-likeness (QED) is 0.129. The lowest BCUT2D eigenvalue weighted by Gasteiger charge is -2.12. The maximum absolute atomic E-state index is 12.4. The minimum Gasteiger partial charge on any atom is -0.422 e. The summed E-state index contributed by atoms with van der Waals surface area (Å²) in [4.78, 5) is 12.8. The van der Waals surface area contributed by atoms with Crippen LogP contribution in [0.1, 0.15) is 11.1 Å². The van der Waals surface area contributed by atoms with E-state index in [-0.39, 0.29) is 5.97 Å². The molecule has 0 atom stereocenters. The Morgan fingerprint density at radius 1 is 0.806 bits per heavy atom. The van der Waals surface area contributed by atoms with E-state index in [1.54, 1.807) is 0 Å². The minimum absolute atomic E-state index is 0.389. The summed E-state index contributed by atoms with van der Waals surface area (Å²) in [6, 6.07) is 32.0. The number of benzene rings is 5. The fourth-order valence-electron chi connectivity index (χ4n) is 4.96. The van der Waals surface area contributed by atoms with Crippen LogP contribution in [-0.2, 0) is 17.6 Å². The number of fused-ring (bicyclic) bond motifs is 7. The van der Waals surface area contributed by atoms with Gasteiger partial charge in [0.25, 0.3) is 0 Å². The third kappa shape index (κ3) is 3.97. The molecule has 0 aliphatic heterocycles. The summed E-state index contributed by atoms with van der Waals surface area (Å²) in [5.74, 6) is 0.219. The van der Waals surface area contributed by atoms with Crippen molar-refractivity contribution in [1.29, 1.82) is 0 Å². The predicted molar refractivity (Wildman–Crippen MR) is 156 cm³/mol. The van der Waals surface area contributed by atoms with E-state index in [2.05, 4.69) is 73.3 Å². The number of carbonyl (C=O) groups excluding carboxylic acids is 1. The van der Waals surface area contributed by atoms with E-state index in [1.165, 1.54) is 59.0 Å². The first-order valence-corrected chi connectivity index (χ1v) is 14.0. The number of thioether (sulfide) groups is 1. The van der Waals surface area contributed by atoms with Crippen molar-refractivity contribution in [1.82, 2.24) is 0 Å². The molecule has 5 aromatic carbocycles. The van der Waals surface area contributed by atoms with Crippen molar-refractivity contribution < 1.29 is 9.53 Å². The van der Waals surface area contributed by atoms with Crippen LogP contribution in [0, 0.1) is 0 Å². The first-order valence-electron chi connectivity index (χ1n) is 11.9. The lowest BCUT2D eigenvalue weighted by molar-refractivity contribution is -0.129. The largest absolute Gasteiger partial charge is 0.422 e. The van der Waals surface area contributed by atoms with Gasteiger partial charge in [0, 0.05) is 20.2 Å². The number of thiophene rings is 1. The molecule has 0 aliphatic carbocycles. The van der Waals surface area contributed by atoms with Gasteiger partial charge in [0.15, 0.2) is 0 Å². The lowest BCUT2D eigenvalue weighted by Crippen LogP contribution is -2.10. The van der Waals surface area contributed by atoms with Gasteiger partial charge in [-0.1, -0.05) is 79.4 Å². The second-order valence-corrected chi connectivity index (χ2v) is 10.8. The smallest absolute Gasteiger partial charge is 0.349 e. The first-order chi connectivity index (χ1) is 17.6. The van der Waals surface area contributed by atoms with Crippen LogP contribution < -0.4 is 4.74 Å². The van der Waals surface area contributed by atoms with Gasteiger partial charge < -0.3 is 4.74 Å². The summed E-state index contributed by atoms with van der Waals surface area (Å²) in [6.45, 7) is 3.79. The van der Waals surface area contributed by atoms with Crippen LogP contribution in [0.3, 0.4) is 0 Å². The fraction of sp³-hybridized carbons (Fsp3) is 0.0938. The third-order valence-electron chi connectivity index (χ3n) is 6.74. The molecule has 0 aliphatic rings. The number of rotatable bonds is 6. The van der Waals surface area contributed by atoms with Crippen molar-refractivity contribution in [3.05, 3.63) is 114 Å². The average Bonchev–Trinajstić information content (AvgIpc) is 3.32. The number of carbonyl (C=O) groups is 1. The number of esters is 1. The zero-order chi connectivity index (χ0) is 24.6. The number of hydrogen-bond acceptors (Lipinski definition) is 4. The van der Waals surface area contributed by atoms with E-state index < -0.39 is 0 Å². The molecule has 0 fully saturated rings. The molecule has 0 saturated heterocycles. The van der Waals surface area contributed by atoms with Gasteiger partial charge >= 0.3 is 5.97 Å². The van der Waals surface area contributed by atoms with Gasteiger partial charge in [0.1, 0.15) is 5.75 Å². The summed E-state index contributed by atoms with van der Waals surface area (Å²) in [5, 5.41) is 7.80. The van der Waals surface area contributed by atoms with E-state index in [0.717, 1.165) is 18.4 Å². The predicted octanol–water partition coefficient (Wildman–Crippen LogP) is 8.93. The van der Waals surface area contributed by atoms with Gasteiger partial charge in [-0.15, -0.1) is 23.1 Å². The minimum atomic E-state index is -0.389. The van der Waals surface area contributed by atoms with Gasteiger partial charge in [0.05, 0.1) is 4.91 Å². The highest BCUT2D eigenvalue weighted by Gasteiger charge is 2.17. The van der Waals surface area contributed by atoms with Crippen molar-refractivity contribution in [2.45, 2.75) is 12.8 Å². The molecule has 0 radical (unpaired) electrons. The highest BCUT2D eigenvalue weighted by molar-refractivity contribution is 8.03. The lowest BCUT2D eigenvalue weighted by atomic mass is 9.95. The Morgan fingerprint density at radius 3 is 2.28 bits per heavy atom. The summed E-state index contributed by atoms with van der Waals surface area (Å²) in [7, 11) is 0. The molecule has 0 spiro atoms. The molecule has 36 heavy (non-hydrogen) atoms.